The zero-order valence-corrected chi connectivity index (χ0v) is 14.6. The molecule has 1 aromatic carbocycles. The molecule has 0 saturated carbocycles. The van der Waals surface area contributed by atoms with Crippen molar-refractivity contribution in [2.75, 3.05) is 0 Å². The third kappa shape index (κ3) is 3.56. The van der Waals surface area contributed by atoms with Crippen molar-refractivity contribution in [3.05, 3.63) is 59.4 Å². The predicted molar refractivity (Wildman–Crippen MR) is 97.0 cm³/mol. The van der Waals surface area contributed by atoms with E-state index in [-0.39, 0.29) is 6.42 Å². The van der Waals surface area contributed by atoms with Crippen LogP contribution in [0.4, 0.5) is 0 Å². The lowest BCUT2D eigenvalue weighted by Gasteiger charge is -2.15. The van der Waals surface area contributed by atoms with Crippen LogP contribution in [-0.2, 0) is 17.8 Å². The summed E-state index contributed by atoms with van der Waals surface area (Å²) in [5.74, 6) is -1.53. The fourth-order valence-electron chi connectivity index (χ4n) is 2.84. The van der Waals surface area contributed by atoms with E-state index in [1.807, 2.05) is 37.3 Å². The maximum atomic E-state index is 12.6. The lowest BCUT2D eigenvalue weighted by Crippen LogP contribution is -2.42. The molecule has 2 heterocycles. The lowest BCUT2D eigenvalue weighted by molar-refractivity contribution is -0.139. The Balaban J connectivity index is 1.84. The minimum atomic E-state index is -1.08. The number of rotatable bonds is 6. The largest absolute Gasteiger partial charge is 0.480 e. The van der Waals surface area contributed by atoms with E-state index in [9.17, 15) is 14.7 Å². The molecule has 0 unspecified atom stereocenters. The van der Waals surface area contributed by atoms with Gasteiger partial charge in [-0.3, -0.25) is 4.79 Å². The van der Waals surface area contributed by atoms with Crippen LogP contribution in [0.25, 0.3) is 11.0 Å². The Labute approximate surface area is 150 Å². The van der Waals surface area contributed by atoms with Gasteiger partial charge in [0.1, 0.15) is 6.04 Å². The molecule has 0 radical (unpaired) electrons. The van der Waals surface area contributed by atoms with Gasteiger partial charge in [-0.1, -0.05) is 30.3 Å². The fourth-order valence-corrected chi connectivity index (χ4v) is 2.84. The number of fused-ring (bicyclic) bond motifs is 1. The molecule has 2 N–H and O–H groups in total. The third-order valence-electron chi connectivity index (χ3n) is 4.23. The Bertz CT molecular complexity index is 950. The van der Waals surface area contributed by atoms with Crippen molar-refractivity contribution in [3.8, 4) is 0 Å². The summed E-state index contributed by atoms with van der Waals surface area (Å²) in [5, 5.41) is 17.0. The molecule has 0 aliphatic carbocycles. The Morgan fingerprint density at radius 1 is 1.27 bits per heavy atom. The number of carbonyl (C=O) groups excluding carboxylic acids is 1. The summed E-state index contributed by atoms with van der Waals surface area (Å²) in [4.78, 5) is 28.7. The van der Waals surface area contributed by atoms with Gasteiger partial charge in [0.05, 0.1) is 17.5 Å². The molecule has 0 bridgehead atoms. The monoisotopic (exact) mass is 352 g/mol. The van der Waals surface area contributed by atoms with Crippen molar-refractivity contribution in [1.29, 1.82) is 0 Å². The number of hydrogen-bond acceptors (Lipinski definition) is 4. The average Bonchev–Trinajstić information content (AvgIpc) is 3.03. The second kappa shape index (κ2) is 7.35. The molecular formula is C19H20N4O3. The second-order valence-corrected chi connectivity index (χ2v) is 6.05. The van der Waals surface area contributed by atoms with Gasteiger partial charge in [0.2, 0.25) is 0 Å². The number of carboxylic acid groups (broad SMARTS) is 1. The number of carbonyl (C=O) groups is 2. The molecule has 2 aromatic heterocycles. The smallest absolute Gasteiger partial charge is 0.326 e. The number of benzene rings is 1. The molecule has 134 valence electrons. The normalized spacial score (nSPS) is 12.1. The highest BCUT2D eigenvalue weighted by Crippen LogP contribution is 2.17. The molecule has 0 aliphatic heterocycles. The van der Waals surface area contributed by atoms with Crippen molar-refractivity contribution in [2.24, 2.45) is 0 Å². The van der Waals surface area contributed by atoms with Crippen LogP contribution in [0.3, 0.4) is 0 Å². The third-order valence-corrected chi connectivity index (χ3v) is 4.23. The van der Waals surface area contributed by atoms with Crippen molar-refractivity contribution in [3.63, 3.8) is 0 Å². The van der Waals surface area contributed by atoms with Gasteiger partial charge in [-0.15, -0.1) is 0 Å². The first-order chi connectivity index (χ1) is 12.5. The molecule has 1 amide bonds. The summed E-state index contributed by atoms with van der Waals surface area (Å²) in [7, 11) is 0. The van der Waals surface area contributed by atoms with Crippen LogP contribution in [0.1, 0.15) is 28.5 Å². The number of pyridine rings is 1. The van der Waals surface area contributed by atoms with Crippen molar-refractivity contribution in [2.45, 2.75) is 32.9 Å². The number of aliphatic carboxylic acids is 1. The summed E-state index contributed by atoms with van der Waals surface area (Å²) in [6.45, 7) is 4.37. The van der Waals surface area contributed by atoms with Crippen LogP contribution in [0.5, 0.6) is 0 Å². The molecule has 7 nitrogen and oxygen atoms in total. The molecule has 1 atom stereocenters. The molecule has 3 rings (SSSR count). The second-order valence-electron chi connectivity index (χ2n) is 6.05. The Morgan fingerprint density at radius 2 is 2.00 bits per heavy atom. The Hall–Kier alpha value is -3.22. The number of hydrogen-bond donors (Lipinski definition) is 2. The summed E-state index contributed by atoms with van der Waals surface area (Å²) in [6, 6.07) is 9.89. The molecule has 26 heavy (non-hydrogen) atoms. The first kappa shape index (κ1) is 17.6. The van der Waals surface area contributed by atoms with Crippen LogP contribution < -0.4 is 5.32 Å². The van der Waals surface area contributed by atoms with Gasteiger partial charge in [-0.25, -0.2) is 14.5 Å². The number of aryl methyl sites for hydroxylation is 2. The summed E-state index contributed by atoms with van der Waals surface area (Å²) >= 11 is 0. The molecule has 0 spiro atoms. The highest BCUT2D eigenvalue weighted by Gasteiger charge is 2.23. The number of nitrogens with zero attached hydrogens (tertiary/aromatic N) is 3. The van der Waals surface area contributed by atoms with E-state index >= 15 is 0 Å². The maximum absolute atomic E-state index is 12.6. The van der Waals surface area contributed by atoms with E-state index in [0.29, 0.717) is 23.4 Å². The Kier molecular flexibility index (Phi) is 4.97. The van der Waals surface area contributed by atoms with Crippen LogP contribution >= 0.6 is 0 Å². The van der Waals surface area contributed by atoms with E-state index in [4.69, 9.17) is 0 Å². The summed E-state index contributed by atoms with van der Waals surface area (Å²) in [5.41, 5.74) is 2.44. The molecule has 7 heteroatoms. The Morgan fingerprint density at radius 3 is 2.65 bits per heavy atom. The van der Waals surface area contributed by atoms with Crippen LogP contribution in [0.2, 0.25) is 0 Å². The van der Waals surface area contributed by atoms with Gasteiger partial charge in [0.15, 0.2) is 5.65 Å². The van der Waals surface area contributed by atoms with Crippen LogP contribution in [0, 0.1) is 6.92 Å². The average molecular weight is 352 g/mol. The fraction of sp³-hybridized carbons (Fsp3) is 0.263. The zero-order chi connectivity index (χ0) is 18.7. The minimum absolute atomic E-state index is 0.213. The van der Waals surface area contributed by atoms with Crippen LogP contribution in [0.15, 0.2) is 42.6 Å². The van der Waals surface area contributed by atoms with E-state index in [2.05, 4.69) is 15.4 Å². The first-order valence-corrected chi connectivity index (χ1v) is 8.40. The van der Waals surface area contributed by atoms with Gasteiger partial charge < -0.3 is 10.4 Å². The number of carboxylic acids is 1. The number of amides is 1. The van der Waals surface area contributed by atoms with E-state index in [1.54, 1.807) is 23.9 Å². The van der Waals surface area contributed by atoms with Gasteiger partial charge in [0, 0.05) is 18.4 Å². The summed E-state index contributed by atoms with van der Waals surface area (Å²) < 4.78 is 1.75. The maximum Gasteiger partial charge on any atom is 0.326 e. The van der Waals surface area contributed by atoms with Gasteiger partial charge >= 0.3 is 5.97 Å². The zero-order valence-electron chi connectivity index (χ0n) is 14.6. The van der Waals surface area contributed by atoms with E-state index in [1.165, 1.54) is 0 Å². The SMILES string of the molecule is CCn1ncc2cc(C(=O)N[C@@H](Cc3ccccc3)C(=O)O)c(C)nc21. The number of aromatic nitrogens is 3. The molecule has 0 aliphatic rings. The van der Waals surface area contributed by atoms with Gasteiger partial charge in [-0.2, -0.15) is 5.10 Å². The molecule has 3 aromatic rings. The van der Waals surface area contributed by atoms with Crippen molar-refractivity contribution >= 4 is 22.9 Å². The predicted octanol–water partition coefficient (Wildman–Crippen LogP) is 2.19. The molecule has 0 fully saturated rings. The standard InChI is InChI=1S/C19H20N4O3/c1-3-23-17-14(11-20-23)10-15(12(2)21-17)18(24)22-16(19(25)26)9-13-7-5-4-6-8-13/h4-8,10-11,16H,3,9H2,1-2H3,(H,22,24)(H,25,26)/t16-/m0/s1. The quantitative estimate of drug-likeness (QED) is 0.709. The summed E-state index contributed by atoms with van der Waals surface area (Å²) in [6.07, 6.45) is 1.87. The van der Waals surface area contributed by atoms with Gasteiger partial charge in [0.25, 0.3) is 5.91 Å². The van der Waals surface area contributed by atoms with E-state index in [0.717, 1.165) is 10.9 Å². The van der Waals surface area contributed by atoms with Crippen molar-refractivity contribution in [1.82, 2.24) is 20.1 Å². The molecule has 0 saturated heterocycles. The highest BCUT2D eigenvalue weighted by molar-refractivity contribution is 6.00. The first-order valence-electron chi connectivity index (χ1n) is 8.40. The minimum Gasteiger partial charge on any atom is -0.480 e. The van der Waals surface area contributed by atoms with Crippen molar-refractivity contribution < 1.29 is 14.7 Å². The van der Waals surface area contributed by atoms with Gasteiger partial charge in [-0.05, 0) is 25.5 Å². The molecular weight excluding hydrogens is 332 g/mol. The van der Waals surface area contributed by atoms with E-state index < -0.39 is 17.9 Å². The highest BCUT2D eigenvalue weighted by atomic mass is 16.4. The lowest BCUT2D eigenvalue weighted by atomic mass is 10.1. The van der Waals surface area contributed by atoms with Crippen LogP contribution in [-0.4, -0.2) is 37.8 Å². The number of nitrogens with one attached hydrogen (secondary N) is 1. The topological polar surface area (TPSA) is 97.1 Å².